The van der Waals surface area contributed by atoms with Crippen molar-refractivity contribution in [3.05, 3.63) is 29.8 Å². The van der Waals surface area contributed by atoms with Crippen LogP contribution in [0.1, 0.15) is 37.7 Å². The fraction of sp³-hybridized carbons (Fsp3) is 0.562. The van der Waals surface area contributed by atoms with E-state index in [9.17, 15) is 4.79 Å². The predicted octanol–water partition coefficient (Wildman–Crippen LogP) is 3.03. The maximum atomic E-state index is 12.1. The molecule has 2 rings (SSSR count). The van der Waals surface area contributed by atoms with Crippen LogP contribution >= 0.6 is 0 Å². The summed E-state index contributed by atoms with van der Waals surface area (Å²) in [5.74, 6) is 1.28. The van der Waals surface area contributed by atoms with E-state index in [1.165, 1.54) is 18.4 Å². The van der Waals surface area contributed by atoms with Crippen LogP contribution in [-0.2, 0) is 11.3 Å². The molecule has 1 aromatic rings. The molecule has 0 aliphatic heterocycles. The van der Waals surface area contributed by atoms with E-state index in [0.29, 0.717) is 5.78 Å². The molecule has 0 aromatic heterocycles. The van der Waals surface area contributed by atoms with Crippen LogP contribution in [0.2, 0.25) is 0 Å². The number of benzene rings is 1. The van der Waals surface area contributed by atoms with Crippen molar-refractivity contribution in [1.82, 2.24) is 4.90 Å². The maximum Gasteiger partial charge on any atom is 0.149 e. The number of ketones is 1. The van der Waals surface area contributed by atoms with Crippen LogP contribution in [0.25, 0.3) is 0 Å². The number of hydrogen-bond donors (Lipinski definition) is 0. The van der Waals surface area contributed by atoms with E-state index >= 15 is 0 Å². The number of methoxy groups -OCH3 is 1. The average molecular weight is 261 g/mol. The Hall–Kier alpha value is -1.35. The van der Waals surface area contributed by atoms with E-state index in [0.717, 1.165) is 31.6 Å². The van der Waals surface area contributed by atoms with E-state index in [-0.39, 0.29) is 6.04 Å². The molecule has 104 valence electrons. The summed E-state index contributed by atoms with van der Waals surface area (Å²) in [6.07, 6.45) is 5.18. The van der Waals surface area contributed by atoms with Crippen LogP contribution in [0.4, 0.5) is 0 Å². The smallest absolute Gasteiger partial charge is 0.149 e. The molecule has 1 aromatic carbocycles. The molecule has 0 radical (unpaired) electrons. The van der Waals surface area contributed by atoms with Crippen molar-refractivity contribution in [3.8, 4) is 5.75 Å². The van der Waals surface area contributed by atoms with Crippen LogP contribution in [-0.4, -0.2) is 30.9 Å². The molecule has 19 heavy (non-hydrogen) atoms. The first-order valence-corrected chi connectivity index (χ1v) is 7.06. The van der Waals surface area contributed by atoms with Crippen molar-refractivity contribution in [2.24, 2.45) is 0 Å². The topological polar surface area (TPSA) is 29.5 Å². The Kier molecular flexibility index (Phi) is 4.97. The van der Waals surface area contributed by atoms with Gasteiger partial charge in [-0.15, -0.1) is 0 Å². The second-order valence-corrected chi connectivity index (χ2v) is 5.34. The van der Waals surface area contributed by atoms with Crippen molar-refractivity contribution >= 4 is 5.78 Å². The molecule has 1 saturated carbocycles. The molecule has 1 unspecified atom stereocenters. The van der Waals surface area contributed by atoms with Gasteiger partial charge in [-0.3, -0.25) is 9.69 Å². The lowest BCUT2D eigenvalue weighted by molar-refractivity contribution is -0.123. The van der Waals surface area contributed by atoms with Gasteiger partial charge in [0, 0.05) is 13.0 Å². The molecule has 0 bridgehead atoms. The Labute approximate surface area is 115 Å². The molecule has 1 fully saturated rings. The first kappa shape index (κ1) is 14.1. The molecule has 0 heterocycles. The van der Waals surface area contributed by atoms with E-state index in [1.807, 2.05) is 12.1 Å². The van der Waals surface area contributed by atoms with Gasteiger partial charge in [0.1, 0.15) is 11.5 Å². The van der Waals surface area contributed by atoms with Crippen molar-refractivity contribution < 1.29 is 9.53 Å². The second kappa shape index (κ2) is 6.71. The number of carbonyl (C=O) groups excluding carboxylic acids is 1. The highest BCUT2D eigenvalue weighted by Crippen LogP contribution is 2.20. The fourth-order valence-corrected chi connectivity index (χ4v) is 2.74. The summed E-state index contributed by atoms with van der Waals surface area (Å²) < 4.78 is 5.16. The van der Waals surface area contributed by atoms with Crippen LogP contribution in [0, 0.1) is 0 Å². The van der Waals surface area contributed by atoms with Crippen molar-refractivity contribution in [2.45, 2.75) is 44.7 Å². The number of ether oxygens (including phenoxy) is 1. The number of carbonyl (C=O) groups is 1. The fourth-order valence-electron chi connectivity index (χ4n) is 2.74. The molecule has 0 N–H and O–H groups in total. The SMILES string of the molecule is COc1ccc(CN(C)C2CCCCCC2=O)cc1. The second-order valence-electron chi connectivity index (χ2n) is 5.34. The van der Waals surface area contributed by atoms with Gasteiger partial charge in [0.05, 0.1) is 13.2 Å². The highest BCUT2D eigenvalue weighted by molar-refractivity contribution is 5.84. The lowest BCUT2D eigenvalue weighted by Crippen LogP contribution is -2.37. The summed E-state index contributed by atoms with van der Waals surface area (Å²) in [7, 11) is 3.73. The van der Waals surface area contributed by atoms with Crippen LogP contribution in [0.3, 0.4) is 0 Å². The quantitative estimate of drug-likeness (QED) is 0.780. The van der Waals surface area contributed by atoms with Crippen molar-refractivity contribution in [2.75, 3.05) is 14.2 Å². The molecule has 1 aliphatic carbocycles. The summed E-state index contributed by atoms with van der Waals surface area (Å²) in [6, 6.07) is 8.17. The lowest BCUT2D eigenvalue weighted by Gasteiger charge is -2.25. The van der Waals surface area contributed by atoms with Gasteiger partial charge in [-0.2, -0.15) is 0 Å². The van der Waals surface area contributed by atoms with Gasteiger partial charge >= 0.3 is 0 Å². The summed E-state index contributed by atoms with van der Waals surface area (Å²) in [5.41, 5.74) is 1.22. The van der Waals surface area contributed by atoms with Crippen LogP contribution in [0.15, 0.2) is 24.3 Å². The third-order valence-electron chi connectivity index (χ3n) is 3.90. The minimum atomic E-state index is 0.101. The van der Waals surface area contributed by atoms with Crippen LogP contribution < -0.4 is 4.74 Å². The number of hydrogen-bond acceptors (Lipinski definition) is 3. The zero-order valence-corrected chi connectivity index (χ0v) is 11.9. The molecule has 1 atom stereocenters. The standard InChI is InChI=1S/C16H23NO2/c1-17(15-6-4-3-5-7-16(15)18)12-13-8-10-14(19-2)11-9-13/h8-11,15H,3-7,12H2,1-2H3. The van der Waals surface area contributed by atoms with Gasteiger partial charge in [0.2, 0.25) is 0 Å². The van der Waals surface area contributed by atoms with Gasteiger partial charge in [-0.1, -0.05) is 25.0 Å². The van der Waals surface area contributed by atoms with Gasteiger partial charge in [0.15, 0.2) is 0 Å². The Balaban J connectivity index is 1.98. The third kappa shape index (κ3) is 3.80. The number of Topliss-reactive ketones (excluding diaryl/α,β-unsaturated/α-hetero) is 1. The highest BCUT2D eigenvalue weighted by Gasteiger charge is 2.24. The molecule has 1 aliphatic rings. The Morgan fingerprint density at radius 3 is 2.63 bits per heavy atom. The van der Waals surface area contributed by atoms with E-state index in [1.54, 1.807) is 7.11 Å². The molecular weight excluding hydrogens is 238 g/mol. The van der Waals surface area contributed by atoms with Crippen molar-refractivity contribution in [3.63, 3.8) is 0 Å². The predicted molar refractivity (Wildman–Crippen MR) is 76.3 cm³/mol. The number of likely N-dealkylation sites (N-methyl/N-ethyl adjacent to an activating group) is 1. The Morgan fingerprint density at radius 2 is 1.95 bits per heavy atom. The zero-order chi connectivity index (χ0) is 13.7. The van der Waals surface area contributed by atoms with Gasteiger partial charge < -0.3 is 4.74 Å². The minimum absolute atomic E-state index is 0.101. The molecule has 3 heteroatoms. The molecule has 0 spiro atoms. The Bertz CT molecular complexity index is 413. The van der Waals surface area contributed by atoms with E-state index in [2.05, 4.69) is 24.1 Å². The first-order valence-electron chi connectivity index (χ1n) is 7.06. The minimum Gasteiger partial charge on any atom is -0.497 e. The average Bonchev–Trinajstić information content (AvgIpc) is 2.64. The monoisotopic (exact) mass is 261 g/mol. The molecule has 3 nitrogen and oxygen atoms in total. The molecular formula is C16H23NO2. The van der Waals surface area contributed by atoms with E-state index < -0.39 is 0 Å². The van der Waals surface area contributed by atoms with Gasteiger partial charge in [-0.25, -0.2) is 0 Å². The van der Waals surface area contributed by atoms with Crippen molar-refractivity contribution in [1.29, 1.82) is 0 Å². The largest absolute Gasteiger partial charge is 0.497 e. The third-order valence-corrected chi connectivity index (χ3v) is 3.90. The van der Waals surface area contributed by atoms with Crippen LogP contribution in [0.5, 0.6) is 5.75 Å². The highest BCUT2D eigenvalue weighted by atomic mass is 16.5. The maximum absolute atomic E-state index is 12.1. The molecule has 0 amide bonds. The van der Waals surface area contributed by atoms with E-state index in [4.69, 9.17) is 4.74 Å². The lowest BCUT2D eigenvalue weighted by atomic mass is 10.1. The summed E-state index contributed by atoms with van der Waals surface area (Å²) in [6.45, 7) is 0.820. The first-order chi connectivity index (χ1) is 9.20. The number of rotatable bonds is 4. The number of nitrogens with zero attached hydrogens (tertiary/aromatic N) is 1. The normalized spacial score (nSPS) is 20.4. The summed E-state index contributed by atoms with van der Waals surface area (Å²) >= 11 is 0. The summed E-state index contributed by atoms with van der Waals surface area (Å²) in [4.78, 5) is 14.3. The van der Waals surface area contributed by atoms with Gasteiger partial charge in [0.25, 0.3) is 0 Å². The van der Waals surface area contributed by atoms with Gasteiger partial charge in [-0.05, 0) is 37.6 Å². The summed E-state index contributed by atoms with van der Waals surface area (Å²) in [5, 5.41) is 0. The zero-order valence-electron chi connectivity index (χ0n) is 11.9. The Morgan fingerprint density at radius 1 is 1.21 bits per heavy atom. The molecule has 0 saturated heterocycles.